The van der Waals surface area contributed by atoms with Crippen LogP contribution in [0.5, 0.6) is 11.5 Å². The first kappa shape index (κ1) is 18.6. The second kappa shape index (κ2) is 8.38. The normalized spacial score (nSPS) is 11.5. The van der Waals surface area contributed by atoms with Gasteiger partial charge in [-0.3, -0.25) is 4.79 Å². The smallest absolute Gasteiger partial charge is 0.265 e. The molecule has 132 valence electrons. The molecule has 0 bridgehead atoms. The highest BCUT2D eigenvalue weighted by atomic mass is 16.5. The molecule has 2 aromatic carbocycles. The molecule has 0 aromatic heterocycles. The molecule has 1 unspecified atom stereocenters. The topological polar surface area (TPSA) is 47.6 Å². The Kier molecular flexibility index (Phi) is 6.23. The Morgan fingerprint density at radius 2 is 2.00 bits per heavy atom. The summed E-state index contributed by atoms with van der Waals surface area (Å²) in [4.78, 5) is 12.4. The molecule has 0 saturated heterocycles. The van der Waals surface area contributed by atoms with Crippen molar-refractivity contribution in [1.29, 1.82) is 0 Å². The van der Waals surface area contributed by atoms with Gasteiger partial charge in [-0.1, -0.05) is 24.8 Å². The van der Waals surface area contributed by atoms with Gasteiger partial charge in [0, 0.05) is 11.8 Å². The van der Waals surface area contributed by atoms with E-state index in [1.165, 1.54) is 0 Å². The molecule has 2 rings (SSSR count). The number of rotatable bonds is 7. The fourth-order valence-electron chi connectivity index (χ4n) is 2.43. The summed E-state index contributed by atoms with van der Waals surface area (Å²) in [5.41, 5.74) is 3.97. The molecule has 1 N–H and O–H groups in total. The number of ether oxygens (including phenoxy) is 2. The molecule has 1 atom stereocenters. The molecule has 0 saturated carbocycles. The zero-order valence-corrected chi connectivity index (χ0v) is 15.3. The monoisotopic (exact) mass is 339 g/mol. The van der Waals surface area contributed by atoms with E-state index in [9.17, 15) is 4.79 Å². The minimum atomic E-state index is -0.613. The summed E-state index contributed by atoms with van der Waals surface area (Å²) < 4.78 is 11.4. The van der Waals surface area contributed by atoms with Gasteiger partial charge in [-0.2, -0.15) is 0 Å². The largest absolute Gasteiger partial charge is 0.489 e. The number of hydrogen-bond acceptors (Lipinski definition) is 3. The highest BCUT2D eigenvalue weighted by molar-refractivity contribution is 5.94. The minimum Gasteiger partial charge on any atom is -0.489 e. The molecular formula is C21H25NO3. The van der Waals surface area contributed by atoms with Crippen LogP contribution in [0.15, 0.2) is 49.1 Å². The molecule has 4 heteroatoms. The van der Waals surface area contributed by atoms with Gasteiger partial charge < -0.3 is 14.8 Å². The number of carbonyl (C=O) groups excluding carboxylic acids is 1. The van der Waals surface area contributed by atoms with Gasteiger partial charge in [0.25, 0.3) is 5.91 Å². The fourth-order valence-corrected chi connectivity index (χ4v) is 2.43. The average Bonchev–Trinajstić information content (AvgIpc) is 2.57. The lowest BCUT2D eigenvalue weighted by atomic mass is 10.1. The van der Waals surface area contributed by atoms with Crippen molar-refractivity contribution in [2.45, 2.75) is 33.8 Å². The van der Waals surface area contributed by atoms with E-state index in [4.69, 9.17) is 9.47 Å². The Labute approximate surface area is 149 Å². The summed E-state index contributed by atoms with van der Waals surface area (Å²) in [5.74, 6) is 1.21. The maximum atomic E-state index is 12.4. The van der Waals surface area contributed by atoms with Gasteiger partial charge in [0.15, 0.2) is 6.10 Å². The quantitative estimate of drug-likeness (QED) is 0.751. The molecule has 25 heavy (non-hydrogen) atoms. The number of hydrogen-bond donors (Lipinski definition) is 1. The van der Waals surface area contributed by atoms with Crippen LogP contribution in [-0.2, 0) is 4.79 Å². The van der Waals surface area contributed by atoms with Gasteiger partial charge in [-0.15, -0.1) is 0 Å². The summed E-state index contributed by atoms with van der Waals surface area (Å²) in [6, 6.07) is 11.3. The Morgan fingerprint density at radius 3 is 2.72 bits per heavy atom. The number of nitrogens with one attached hydrogen (secondary N) is 1. The first-order chi connectivity index (χ1) is 11.9. The Balaban J connectivity index is 2.04. The molecule has 0 fully saturated rings. The molecule has 0 aliphatic rings. The third-order valence-electron chi connectivity index (χ3n) is 3.91. The zero-order valence-electron chi connectivity index (χ0n) is 15.3. The van der Waals surface area contributed by atoms with Crippen LogP contribution in [0.1, 0.15) is 23.6 Å². The lowest BCUT2D eigenvalue weighted by molar-refractivity contribution is -0.122. The predicted molar refractivity (Wildman–Crippen MR) is 102 cm³/mol. The van der Waals surface area contributed by atoms with Gasteiger partial charge in [-0.05, 0) is 62.6 Å². The van der Waals surface area contributed by atoms with Crippen molar-refractivity contribution in [3.05, 3.63) is 65.7 Å². The van der Waals surface area contributed by atoms with E-state index in [-0.39, 0.29) is 5.91 Å². The summed E-state index contributed by atoms with van der Waals surface area (Å²) in [6.45, 7) is 11.8. The van der Waals surface area contributed by atoms with Crippen molar-refractivity contribution in [1.82, 2.24) is 0 Å². The van der Waals surface area contributed by atoms with Crippen molar-refractivity contribution >= 4 is 11.6 Å². The second-order valence-electron chi connectivity index (χ2n) is 6.08. The highest BCUT2D eigenvalue weighted by Crippen LogP contribution is 2.25. The van der Waals surface area contributed by atoms with Crippen LogP contribution in [0.4, 0.5) is 5.69 Å². The van der Waals surface area contributed by atoms with Crippen LogP contribution in [0.2, 0.25) is 0 Å². The molecular weight excluding hydrogens is 314 g/mol. The van der Waals surface area contributed by atoms with Gasteiger partial charge >= 0.3 is 0 Å². The average molecular weight is 339 g/mol. The van der Waals surface area contributed by atoms with Crippen LogP contribution in [0.25, 0.3) is 0 Å². The second-order valence-corrected chi connectivity index (χ2v) is 6.08. The molecule has 1 amide bonds. The summed E-state index contributed by atoms with van der Waals surface area (Å²) >= 11 is 0. The Hall–Kier alpha value is -2.75. The van der Waals surface area contributed by atoms with E-state index < -0.39 is 6.10 Å². The number of anilines is 1. The molecule has 0 heterocycles. The molecule has 0 aliphatic heterocycles. The number of benzene rings is 2. The van der Waals surface area contributed by atoms with Crippen LogP contribution in [0.3, 0.4) is 0 Å². The van der Waals surface area contributed by atoms with Gasteiger partial charge in [0.05, 0.1) is 0 Å². The van der Waals surface area contributed by atoms with Crippen molar-refractivity contribution < 1.29 is 14.3 Å². The molecule has 0 radical (unpaired) electrons. The van der Waals surface area contributed by atoms with Crippen LogP contribution in [-0.4, -0.2) is 18.6 Å². The minimum absolute atomic E-state index is 0.209. The van der Waals surface area contributed by atoms with Gasteiger partial charge in [0.1, 0.15) is 18.1 Å². The molecule has 0 aliphatic carbocycles. The first-order valence-electron chi connectivity index (χ1n) is 8.30. The standard InChI is InChI=1S/C21H25NO3/c1-6-10-24-19-9-7-8-18(13-19)22-21(23)17(5)25-20-12-14(2)11-15(3)16(20)4/h6-9,11-13,17H,1,10H2,2-5H3,(H,22,23). The van der Waals surface area contributed by atoms with Crippen molar-refractivity contribution in [3.63, 3.8) is 0 Å². The highest BCUT2D eigenvalue weighted by Gasteiger charge is 2.17. The fraction of sp³-hybridized carbons (Fsp3) is 0.286. The van der Waals surface area contributed by atoms with E-state index in [0.29, 0.717) is 18.0 Å². The number of amides is 1. The van der Waals surface area contributed by atoms with Gasteiger partial charge in [-0.25, -0.2) is 0 Å². The van der Waals surface area contributed by atoms with E-state index in [1.54, 1.807) is 19.1 Å². The summed E-state index contributed by atoms with van der Waals surface area (Å²) in [5, 5.41) is 2.86. The maximum Gasteiger partial charge on any atom is 0.265 e. The van der Waals surface area contributed by atoms with Crippen molar-refractivity contribution in [3.8, 4) is 11.5 Å². The lowest BCUT2D eigenvalue weighted by Gasteiger charge is -2.18. The first-order valence-corrected chi connectivity index (χ1v) is 8.30. The number of carbonyl (C=O) groups is 1. The van der Waals surface area contributed by atoms with E-state index in [2.05, 4.69) is 18.0 Å². The molecule has 2 aromatic rings. The van der Waals surface area contributed by atoms with Crippen LogP contribution in [0, 0.1) is 20.8 Å². The summed E-state index contributed by atoms with van der Waals surface area (Å²) in [7, 11) is 0. The molecule has 4 nitrogen and oxygen atoms in total. The number of aryl methyl sites for hydroxylation is 2. The van der Waals surface area contributed by atoms with Gasteiger partial charge in [0.2, 0.25) is 0 Å². The zero-order chi connectivity index (χ0) is 18.4. The van der Waals surface area contributed by atoms with Crippen molar-refractivity contribution in [2.75, 3.05) is 11.9 Å². The third-order valence-corrected chi connectivity index (χ3v) is 3.91. The van der Waals surface area contributed by atoms with E-state index >= 15 is 0 Å². The van der Waals surface area contributed by atoms with E-state index in [0.717, 1.165) is 22.4 Å². The Bertz CT molecular complexity index is 768. The summed E-state index contributed by atoms with van der Waals surface area (Å²) in [6.07, 6.45) is 1.06. The predicted octanol–water partition coefficient (Wildman–Crippen LogP) is 4.58. The van der Waals surface area contributed by atoms with E-state index in [1.807, 2.05) is 45.0 Å². The van der Waals surface area contributed by atoms with Crippen LogP contribution < -0.4 is 14.8 Å². The van der Waals surface area contributed by atoms with Crippen molar-refractivity contribution in [2.24, 2.45) is 0 Å². The lowest BCUT2D eigenvalue weighted by Crippen LogP contribution is -2.30. The van der Waals surface area contributed by atoms with Crippen LogP contribution >= 0.6 is 0 Å². The third kappa shape index (κ3) is 5.11. The molecule has 0 spiro atoms. The maximum absolute atomic E-state index is 12.4. The Morgan fingerprint density at radius 1 is 1.24 bits per heavy atom. The SMILES string of the molecule is C=CCOc1cccc(NC(=O)C(C)Oc2cc(C)cc(C)c2C)c1.